The largest absolute Gasteiger partial charge is 0.490 e. The van der Waals surface area contributed by atoms with Gasteiger partial charge in [0.15, 0.2) is 17.3 Å². The van der Waals surface area contributed by atoms with E-state index < -0.39 is 29.9 Å². The van der Waals surface area contributed by atoms with Crippen LogP contribution >= 0.6 is 22.9 Å². The molecule has 0 spiro atoms. The summed E-state index contributed by atoms with van der Waals surface area (Å²) >= 11 is 8.00. The first kappa shape index (κ1) is 38.3. The average molecular weight is 721 g/mol. The lowest BCUT2D eigenvalue weighted by atomic mass is 9.95. The zero-order chi connectivity index (χ0) is 36.6. The van der Waals surface area contributed by atoms with Crippen molar-refractivity contribution in [1.82, 2.24) is 20.6 Å². The molecule has 0 fully saturated rings. The highest BCUT2D eigenvalue weighted by molar-refractivity contribution is 7.14. The first-order chi connectivity index (χ1) is 23.7. The molecule has 12 heteroatoms. The maximum Gasteiger partial charge on any atom is 0.325 e. The first-order valence-corrected chi connectivity index (χ1v) is 17.8. The number of halogens is 1. The van der Waals surface area contributed by atoms with Crippen molar-refractivity contribution in [2.24, 2.45) is 0 Å². The van der Waals surface area contributed by atoms with Gasteiger partial charge in [-0.2, -0.15) is 0 Å². The fourth-order valence-corrected chi connectivity index (χ4v) is 6.07. The minimum Gasteiger partial charge on any atom is -0.490 e. The van der Waals surface area contributed by atoms with E-state index >= 15 is 0 Å². The second-order valence-electron chi connectivity index (χ2n) is 13.4. The zero-order valence-electron chi connectivity index (χ0n) is 29.5. The number of carbonyl (C=O) groups excluding carboxylic acids is 2. The Bertz CT molecular complexity index is 1780. The van der Waals surface area contributed by atoms with Crippen molar-refractivity contribution in [3.8, 4) is 34.0 Å². The number of unbranched alkanes of at least 4 members (excludes halogenated alkanes) is 1. The third kappa shape index (κ3) is 10.3. The summed E-state index contributed by atoms with van der Waals surface area (Å²) in [6.07, 6.45) is 5.40. The number of hydrogen-bond donors (Lipinski definition) is 3. The van der Waals surface area contributed by atoms with Crippen LogP contribution in [-0.4, -0.2) is 57.7 Å². The van der Waals surface area contributed by atoms with Gasteiger partial charge in [0.1, 0.15) is 12.1 Å². The Hall–Kier alpha value is -4.48. The highest BCUT2D eigenvalue weighted by atomic mass is 35.5. The van der Waals surface area contributed by atoms with Crippen molar-refractivity contribution in [1.29, 1.82) is 0 Å². The van der Waals surface area contributed by atoms with Crippen molar-refractivity contribution in [3.63, 3.8) is 0 Å². The lowest BCUT2D eigenvalue weighted by molar-refractivity contribution is -0.141. The molecule has 2 aromatic carbocycles. The summed E-state index contributed by atoms with van der Waals surface area (Å²) in [6, 6.07) is 12.5. The first-order valence-electron chi connectivity index (χ1n) is 16.6. The molecule has 2 heterocycles. The maximum atomic E-state index is 13.2. The minimum absolute atomic E-state index is 0.0727. The second-order valence-corrected chi connectivity index (χ2v) is 14.8. The van der Waals surface area contributed by atoms with Crippen LogP contribution in [0, 0.1) is 0 Å². The Morgan fingerprint density at radius 2 is 1.62 bits per heavy atom. The standard InChI is InChI=1S/C38H45ClN4O6S/c1-8-9-16-48-30-19-26(18-28(39)33(30)49-22(2)3)27-20-40-34(41-21-27)25-12-10-24(11-13-25)17-29(35(44)42-23(4)37(46)47)43-36(45)31-14-15-32(50-31)38(5,6)7/h10-15,18-23,29H,8-9,16-17H2,1-7H3,(H,42,44)(H,43,45)(H,46,47)/t23-,29+/m1/s1. The molecule has 2 aromatic heterocycles. The average Bonchev–Trinajstić information content (AvgIpc) is 3.58. The Kier molecular flexibility index (Phi) is 13.0. The minimum atomic E-state index is -1.17. The van der Waals surface area contributed by atoms with Gasteiger partial charge in [0.05, 0.1) is 22.6 Å². The molecule has 0 saturated heterocycles. The van der Waals surface area contributed by atoms with Crippen molar-refractivity contribution in [2.45, 2.75) is 91.3 Å². The lowest BCUT2D eigenvalue weighted by Crippen LogP contribution is -2.51. The number of carbonyl (C=O) groups is 3. The second kappa shape index (κ2) is 17.0. The van der Waals surface area contributed by atoms with E-state index in [2.05, 4.69) is 48.3 Å². The summed E-state index contributed by atoms with van der Waals surface area (Å²) in [5.41, 5.74) is 2.92. The Labute approximate surface area is 302 Å². The van der Waals surface area contributed by atoms with Crippen LogP contribution in [0.4, 0.5) is 0 Å². The molecule has 4 rings (SSSR count). The van der Waals surface area contributed by atoms with Crippen LogP contribution < -0.4 is 20.1 Å². The monoisotopic (exact) mass is 720 g/mol. The molecule has 0 saturated carbocycles. The number of aliphatic carboxylic acids is 1. The molecule has 266 valence electrons. The number of hydrogen-bond acceptors (Lipinski definition) is 8. The number of ether oxygens (including phenoxy) is 2. The fourth-order valence-electron chi connectivity index (χ4n) is 4.85. The van der Waals surface area contributed by atoms with Gasteiger partial charge in [0.2, 0.25) is 5.91 Å². The number of nitrogens with one attached hydrogen (secondary N) is 2. The van der Waals surface area contributed by atoms with Crippen molar-refractivity contribution in [2.75, 3.05) is 6.61 Å². The molecule has 50 heavy (non-hydrogen) atoms. The van der Waals surface area contributed by atoms with Gasteiger partial charge in [-0.25, -0.2) is 9.97 Å². The molecular formula is C38H45ClN4O6S. The summed E-state index contributed by atoms with van der Waals surface area (Å²) in [4.78, 5) is 48.5. The highest BCUT2D eigenvalue weighted by Crippen LogP contribution is 2.40. The molecule has 3 N–H and O–H groups in total. The topological polar surface area (TPSA) is 140 Å². The van der Waals surface area contributed by atoms with Crippen molar-refractivity contribution < 1.29 is 29.0 Å². The molecule has 2 atom stereocenters. The smallest absolute Gasteiger partial charge is 0.325 e. The summed E-state index contributed by atoms with van der Waals surface area (Å²) in [5, 5.41) is 15.1. The van der Waals surface area contributed by atoms with Crippen molar-refractivity contribution in [3.05, 3.63) is 81.3 Å². The van der Waals surface area contributed by atoms with Gasteiger partial charge in [0.25, 0.3) is 5.91 Å². The Balaban J connectivity index is 1.52. The number of nitrogens with zero attached hydrogens (tertiary/aromatic N) is 2. The number of benzene rings is 2. The molecule has 0 aliphatic heterocycles. The molecular weight excluding hydrogens is 676 g/mol. The lowest BCUT2D eigenvalue weighted by Gasteiger charge is -2.20. The molecule has 0 aliphatic rings. The van der Waals surface area contributed by atoms with Crippen LogP contribution in [0.5, 0.6) is 11.5 Å². The number of carboxylic acid groups (broad SMARTS) is 1. The van der Waals surface area contributed by atoms with E-state index in [4.69, 9.17) is 21.1 Å². The fraction of sp³-hybridized carbons (Fsp3) is 0.395. The van der Waals surface area contributed by atoms with E-state index in [1.165, 1.54) is 18.3 Å². The normalized spacial score (nSPS) is 12.7. The summed E-state index contributed by atoms with van der Waals surface area (Å²) in [5.74, 6) is -0.590. The van der Waals surface area contributed by atoms with Gasteiger partial charge in [-0.05, 0) is 68.0 Å². The molecule has 0 unspecified atom stereocenters. The summed E-state index contributed by atoms with van der Waals surface area (Å²) < 4.78 is 12.0. The van der Waals surface area contributed by atoms with E-state index in [1.807, 2.05) is 56.3 Å². The summed E-state index contributed by atoms with van der Waals surface area (Å²) in [6.45, 7) is 14.1. The van der Waals surface area contributed by atoms with Gasteiger partial charge in [0, 0.05) is 34.8 Å². The number of rotatable bonds is 15. The van der Waals surface area contributed by atoms with Crippen LogP contribution in [0.25, 0.3) is 22.5 Å². The molecule has 0 radical (unpaired) electrons. The van der Waals surface area contributed by atoms with E-state index in [0.29, 0.717) is 33.8 Å². The SMILES string of the molecule is CCCCOc1cc(-c2cnc(-c3ccc(C[C@H](NC(=O)c4ccc(C(C)(C)C)s4)C(=O)N[C@H](C)C(=O)O)cc3)nc2)cc(Cl)c1OC(C)C. The summed E-state index contributed by atoms with van der Waals surface area (Å²) in [7, 11) is 0. The van der Waals surface area contributed by atoms with E-state index in [-0.39, 0.29) is 17.9 Å². The predicted molar refractivity (Wildman–Crippen MR) is 197 cm³/mol. The van der Waals surface area contributed by atoms with Crippen LogP contribution in [0.1, 0.15) is 81.4 Å². The number of aromatic nitrogens is 2. The number of thiophene rings is 1. The van der Waals surface area contributed by atoms with Crippen LogP contribution in [0.2, 0.25) is 5.02 Å². The zero-order valence-corrected chi connectivity index (χ0v) is 31.1. The van der Waals surface area contributed by atoms with E-state index in [9.17, 15) is 19.5 Å². The van der Waals surface area contributed by atoms with Crippen LogP contribution in [-0.2, 0) is 21.4 Å². The molecule has 10 nitrogen and oxygen atoms in total. The van der Waals surface area contributed by atoms with Gasteiger partial charge < -0.3 is 25.2 Å². The molecule has 0 aliphatic carbocycles. The number of amides is 2. The third-order valence-electron chi connectivity index (χ3n) is 7.68. The van der Waals surface area contributed by atoms with Gasteiger partial charge in [-0.3, -0.25) is 14.4 Å². The van der Waals surface area contributed by atoms with Crippen LogP contribution in [0.15, 0.2) is 60.9 Å². The van der Waals surface area contributed by atoms with E-state index in [1.54, 1.807) is 18.5 Å². The van der Waals surface area contributed by atoms with Gasteiger partial charge in [-0.1, -0.05) is 70.0 Å². The third-order valence-corrected chi connectivity index (χ3v) is 9.47. The number of carboxylic acids is 1. The highest BCUT2D eigenvalue weighted by Gasteiger charge is 2.27. The van der Waals surface area contributed by atoms with Gasteiger partial charge >= 0.3 is 5.97 Å². The predicted octanol–water partition coefficient (Wildman–Crippen LogP) is 7.72. The van der Waals surface area contributed by atoms with E-state index in [0.717, 1.165) is 40.0 Å². The molecule has 0 bridgehead atoms. The Morgan fingerprint density at radius 1 is 0.940 bits per heavy atom. The quantitative estimate of drug-likeness (QED) is 0.106. The Morgan fingerprint density at radius 3 is 2.20 bits per heavy atom. The maximum absolute atomic E-state index is 13.2. The van der Waals surface area contributed by atoms with Crippen LogP contribution in [0.3, 0.4) is 0 Å². The molecule has 2 amide bonds. The molecule has 4 aromatic rings. The van der Waals surface area contributed by atoms with Crippen molar-refractivity contribution >= 4 is 40.7 Å². The van der Waals surface area contributed by atoms with Gasteiger partial charge in [-0.15, -0.1) is 11.3 Å².